The molecular formula is C21H28N2O3. The first-order valence-corrected chi connectivity index (χ1v) is 9.10. The first-order chi connectivity index (χ1) is 12.3. The van der Waals surface area contributed by atoms with E-state index in [1.165, 1.54) is 10.2 Å². The average Bonchev–Trinajstić information content (AvgIpc) is 2.58. The molecule has 0 saturated heterocycles. The first-order valence-electron chi connectivity index (χ1n) is 9.10. The van der Waals surface area contributed by atoms with Crippen LogP contribution >= 0.6 is 0 Å². The van der Waals surface area contributed by atoms with E-state index in [9.17, 15) is 9.59 Å². The number of esters is 1. The number of carbonyl (C=O) groups is 1. The zero-order valence-electron chi connectivity index (χ0n) is 16.3. The Kier molecular flexibility index (Phi) is 6.35. The van der Waals surface area contributed by atoms with Crippen molar-refractivity contribution in [1.82, 2.24) is 9.78 Å². The molecule has 5 heteroatoms. The van der Waals surface area contributed by atoms with Crippen molar-refractivity contribution in [3.05, 3.63) is 63.6 Å². The average molecular weight is 356 g/mol. The van der Waals surface area contributed by atoms with Gasteiger partial charge in [0.25, 0.3) is 5.56 Å². The molecule has 2 rings (SSSR count). The molecule has 1 aromatic carbocycles. The molecule has 0 bridgehead atoms. The predicted octanol–water partition coefficient (Wildman–Crippen LogP) is 3.65. The van der Waals surface area contributed by atoms with Crippen molar-refractivity contribution in [2.75, 3.05) is 6.61 Å². The van der Waals surface area contributed by atoms with Gasteiger partial charge in [-0.3, -0.25) is 9.59 Å². The minimum absolute atomic E-state index is 0.0352. The molecule has 26 heavy (non-hydrogen) atoms. The maximum Gasteiger partial charge on any atom is 0.313 e. The van der Waals surface area contributed by atoms with E-state index in [1.807, 2.05) is 19.1 Å². The Morgan fingerprint density at radius 1 is 1.23 bits per heavy atom. The largest absolute Gasteiger partial charge is 0.466 e. The van der Waals surface area contributed by atoms with Crippen molar-refractivity contribution in [2.24, 2.45) is 0 Å². The number of nitrogens with zero attached hydrogens (tertiary/aromatic N) is 2. The lowest BCUT2D eigenvalue weighted by molar-refractivity contribution is -0.145. The second kappa shape index (κ2) is 8.30. The van der Waals surface area contributed by atoms with E-state index >= 15 is 0 Å². The molecule has 1 atom stereocenters. The highest BCUT2D eigenvalue weighted by Gasteiger charge is 2.24. The van der Waals surface area contributed by atoms with Crippen LogP contribution in [0.3, 0.4) is 0 Å². The number of hydrogen-bond donors (Lipinski definition) is 0. The SMILES string of the molecule is CCOC(=O)C(CC)c1ccnn(Cc2cccc(C(C)(C)C)c2)c1=O. The van der Waals surface area contributed by atoms with Crippen LogP contribution in [0.5, 0.6) is 0 Å². The molecule has 140 valence electrons. The van der Waals surface area contributed by atoms with Gasteiger partial charge in [0, 0.05) is 11.8 Å². The standard InChI is InChI=1S/C21H28N2O3/c1-6-17(20(25)26-7-2)18-11-12-22-23(19(18)24)14-15-9-8-10-16(13-15)21(3,4)5/h8-13,17H,6-7,14H2,1-5H3. The lowest BCUT2D eigenvalue weighted by atomic mass is 9.86. The third kappa shape index (κ3) is 4.59. The van der Waals surface area contributed by atoms with Gasteiger partial charge in [0.15, 0.2) is 0 Å². The van der Waals surface area contributed by atoms with Gasteiger partial charge >= 0.3 is 5.97 Å². The second-order valence-corrected chi connectivity index (χ2v) is 7.41. The summed E-state index contributed by atoms with van der Waals surface area (Å²) >= 11 is 0. The Balaban J connectivity index is 2.35. The molecule has 2 aromatic rings. The van der Waals surface area contributed by atoms with Gasteiger partial charge in [0.1, 0.15) is 0 Å². The van der Waals surface area contributed by atoms with Gasteiger partial charge in [-0.2, -0.15) is 5.10 Å². The summed E-state index contributed by atoms with van der Waals surface area (Å²) in [4.78, 5) is 25.0. The maximum absolute atomic E-state index is 12.9. The van der Waals surface area contributed by atoms with E-state index in [4.69, 9.17) is 4.74 Å². The van der Waals surface area contributed by atoms with Crippen LogP contribution in [0.15, 0.2) is 41.3 Å². The van der Waals surface area contributed by atoms with Gasteiger partial charge in [-0.25, -0.2) is 4.68 Å². The second-order valence-electron chi connectivity index (χ2n) is 7.41. The monoisotopic (exact) mass is 356 g/mol. The van der Waals surface area contributed by atoms with Crippen LogP contribution in [0, 0.1) is 0 Å². The number of benzene rings is 1. The molecule has 0 aliphatic rings. The van der Waals surface area contributed by atoms with Gasteiger partial charge in [-0.05, 0) is 36.0 Å². The highest BCUT2D eigenvalue weighted by molar-refractivity contribution is 5.77. The summed E-state index contributed by atoms with van der Waals surface area (Å²) in [6.07, 6.45) is 2.09. The molecule has 1 unspecified atom stereocenters. The molecule has 0 radical (unpaired) electrons. The highest BCUT2D eigenvalue weighted by Crippen LogP contribution is 2.23. The molecule has 0 spiro atoms. The van der Waals surface area contributed by atoms with Crippen LogP contribution < -0.4 is 5.56 Å². The number of aromatic nitrogens is 2. The minimum Gasteiger partial charge on any atom is -0.466 e. The third-order valence-electron chi connectivity index (χ3n) is 4.42. The zero-order valence-corrected chi connectivity index (χ0v) is 16.3. The summed E-state index contributed by atoms with van der Waals surface area (Å²) in [5.41, 5.74) is 2.44. The van der Waals surface area contributed by atoms with Gasteiger partial charge < -0.3 is 4.74 Å². The molecular weight excluding hydrogens is 328 g/mol. The molecule has 0 N–H and O–H groups in total. The maximum atomic E-state index is 12.9. The Hall–Kier alpha value is -2.43. The third-order valence-corrected chi connectivity index (χ3v) is 4.42. The van der Waals surface area contributed by atoms with Gasteiger partial charge in [-0.15, -0.1) is 0 Å². The van der Waals surface area contributed by atoms with E-state index in [1.54, 1.807) is 19.2 Å². The van der Waals surface area contributed by atoms with Crippen molar-refractivity contribution in [3.63, 3.8) is 0 Å². The van der Waals surface area contributed by atoms with Crippen LogP contribution in [0.2, 0.25) is 0 Å². The van der Waals surface area contributed by atoms with Crippen molar-refractivity contribution >= 4 is 5.97 Å². The van der Waals surface area contributed by atoms with Gasteiger partial charge in [0.05, 0.1) is 19.1 Å². The van der Waals surface area contributed by atoms with Crippen molar-refractivity contribution < 1.29 is 9.53 Å². The minimum atomic E-state index is -0.558. The lowest BCUT2D eigenvalue weighted by Gasteiger charge is -2.20. The van der Waals surface area contributed by atoms with Crippen LogP contribution in [-0.2, 0) is 21.5 Å². The summed E-state index contributed by atoms with van der Waals surface area (Å²) in [7, 11) is 0. The molecule has 1 aromatic heterocycles. The first kappa shape index (κ1) is 19.9. The summed E-state index contributed by atoms with van der Waals surface area (Å²) in [6.45, 7) is 10.8. The summed E-state index contributed by atoms with van der Waals surface area (Å²) in [6, 6.07) is 9.79. The summed E-state index contributed by atoms with van der Waals surface area (Å²) in [5, 5.41) is 4.20. The van der Waals surface area contributed by atoms with Crippen LogP contribution in [-0.4, -0.2) is 22.4 Å². The number of rotatable bonds is 6. The van der Waals surface area contributed by atoms with Crippen LogP contribution in [0.1, 0.15) is 63.6 Å². The van der Waals surface area contributed by atoms with E-state index in [0.29, 0.717) is 25.1 Å². The van der Waals surface area contributed by atoms with E-state index in [0.717, 1.165) is 5.56 Å². The Morgan fingerprint density at radius 3 is 2.58 bits per heavy atom. The zero-order chi connectivity index (χ0) is 19.3. The Bertz CT molecular complexity index is 818. The molecule has 5 nitrogen and oxygen atoms in total. The van der Waals surface area contributed by atoms with E-state index in [-0.39, 0.29) is 16.9 Å². The normalized spacial score (nSPS) is 12.7. The molecule has 0 aliphatic heterocycles. The molecule has 0 saturated carbocycles. The van der Waals surface area contributed by atoms with Crippen LogP contribution in [0.25, 0.3) is 0 Å². The Labute approximate surface area is 155 Å². The summed E-state index contributed by atoms with van der Waals surface area (Å²) in [5.74, 6) is -0.919. The molecule has 0 fully saturated rings. The van der Waals surface area contributed by atoms with Gasteiger partial charge in [0.2, 0.25) is 0 Å². The predicted molar refractivity (Wildman–Crippen MR) is 102 cm³/mol. The van der Waals surface area contributed by atoms with E-state index < -0.39 is 5.92 Å². The number of ether oxygens (including phenoxy) is 1. The van der Waals surface area contributed by atoms with E-state index in [2.05, 4.69) is 38.0 Å². The quantitative estimate of drug-likeness (QED) is 0.741. The number of carbonyl (C=O) groups excluding carboxylic acids is 1. The summed E-state index contributed by atoms with van der Waals surface area (Å²) < 4.78 is 6.52. The molecule has 0 aliphatic carbocycles. The van der Waals surface area contributed by atoms with Crippen LogP contribution in [0.4, 0.5) is 0 Å². The topological polar surface area (TPSA) is 61.2 Å². The molecule has 0 amide bonds. The van der Waals surface area contributed by atoms with Gasteiger partial charge in [-0.1, -0.05) is 52.0 Å². The molecule has 1 heterocycles. The fourth-order valence-electron chi connectivity index (χ4n) is 2.91. The van der Waals surface area contributed by atoms with Crippen molar-refractivity contribution in [1.29, 1.82) is 0 Å². The number of hydrogen-bond acceptors (Lipinski definition) is 4. The Morgan fingerprint density at radius 2 is 1.96 bits per heavy atom. The smallest absolute Gasteiger partial charge is 0.313 e. The van der Waals surface area contributed by atoms with Crippen molar-refractivity contribution in [3.8, 4) is 0 Å². The fourth-order valence-corrected chi connectivity index (χ4v) is 2.91. The van der Waals surface area contributed by atoms with Crippen molar-refractivity contribution in [2.45, 2.75) is 58.9 Å². The lowest BCUT2D eigenvalue weighted by Crippen LogP contribution is -2.30. The fraction of sp³-hybridized carbons (Fsp3) is 0.476. The highest BCUT2D eigenvalue weighted by atomic mass is 16.5.